The summed E-state index contributed by atoms with van der Waals surface area (Å²) in [6, 6.07) is 0. The van der Waals surface area contributed by atoms with Gasteiger partial charge < -0.3 is 18.8 Å². The van der Waals surface area contributed by atoms with E-state index in [1.54, 1.807) is 21.0 Å². The van der Waals surface area contributed by atoms with Crippen LogP contribution >= 0.6 is 0 Å². The first-order valence-corrected chi connectivity index (χ1v) is 7.72. The van der Waals surface area contributed by atoms with Gasteiger partial charge in [-0.05, 0) is 13.8 Å². The molecule has 1 unspecified atom stereocenters. The summed E-state index contributed by atoms with van der Waals surface area (Å²) >= 11 is 0. The van der Waals surface area contributed by atoms with Crippen molar-refractivity contribution in [1.82, 2.24) is 20.0 Å². The van der Waals surface area contributed by atoms with Gasteiger partial charge in [-0.15, -0.1) is 10.2 Å². The Bertz CT molecular complexity index is 529. The molecule has 0 saturated carbocycles. The maximum absolute atomic E-state index is 11.5. The molecule has 0 aliphatic carbocycles. The third kappa shape index (κ3) is 5.56. The number of rotatable bonds is 6. The van der Waals surface area contributed by atoms with Crippen molar-refractivity contribution >= 4 is 5.91 Å². The van der Waals surface area contributed by atoms with Gasteiger partial charge in [0.25, 0.3) is 0 Å². The highest BCUT2D eigenvalue weighted by Crippen LogP contribution is 2.22. The Hall–Kier alpha value is -1.51. The van der Waals surface area contributed by atoms with Crippen LogP contribution in [-0.4, -0.2) is 78.0 Å². The molecular formula is C15H26N4O4. The largest absolute Gasteiger partial charge is 0.424 e. The minimum Gasteiger partial charge on any atom is -0.424 e. The molecule has 23 heavy (non-hydrogen) atoms. The van der Waals surface area contributed by atoms with E-state index in [9.17, 15) is 4.79 Å². The van der Waals surface area contributed by atoms with Crippen molar-refractivity contribution in [3.8, 4) is 0 Å². The molecule has 0 N–H and O–H groups in total. The second kappa shape index (κ2) is 7.37. The lowest BCUT2D eigenvalue weighted by Gasteiger charge is -2.42. The fraction of sp³-hybridized carbons (Fsp3) is 0.800. The minimum absolute atomic E-state index is 0.0572. The molecule has 1 aromatic heterocycles. The third-order valence-corrected chi connectivity index (χ3v) is 3.51. The number of ether oxygens (including phenoxy) is 2. The normalized spacial score (nSPS) is 21.3. The van der Waals surface area contributed by atoms with Gasteiger partial charge in [0.2, 0.25) is 17.7 Å². The molecule has 1 saturated heterocycles. The smallest absolute Gasteiger partial charge is 0.248 e. The number of carbonyl (C=O) groups is 1. The van der Waals surface area contributed by atoms with E-state index >= 15 is 0 Å². The first kappa shape index (κ1) is 17.8. The number of morpholine rings is 1. The molecule has 1 atom stereocenters. The summed E-state index contributed by atoms with van der Waals surface area (Å²) in [5.41, 5.74) is -0.299. The Balaban J connectivity index is 1.86. The van der Waals surface area contributed by atoms with Crippen LogP contribution < -0.4 is 0 Å². The van der Waals surface area contributed by atoms with E-state index in [2.05, 4.69) is 15.1 Å². The summed E-state index contributed by atoms with van der Waals surface area (Å²) in [7, 11) is 3.42. The van der Waals surface area contributed by atoms with Gasteiger partial charge in [-0.3, -0.25) is 9.69 Å². The lowest BCUT2D eigenvalue weighted by atomic mass is 10.1. The van der Waals surface area contributed by atoms with Crippen LogP contribution in [0.1, 0.15) is 25.6 Å². The second-order valence-electron chi connectivity index (χ2n) is 6.69. The van der Waals surface area contributed by atoms with Crippen LogP contribution in [0.15, 0.2) is 4.42 Å². The number of amides is 1. The Labute approximate surface area is 136 Å². The zero-order valence-corrected chi connectivity index (χ0v) is 14.5. The molecule has 8 nitrogen and oxygen atoms in total. The summed E-state index contributed by atoms with van der Waals surface area (Å²) in [4.78, 5) is 15.3. The molecule has 130 valence electrons. The molecule has 1 fully saturated rings. The van der Waals surface area contributed by atoms with Crippen LogP contribution in [0.2, 0.25) is 0 Å². The zero-order valence-electron chi connectivity index (χ0n) is 14.5. The van der Waals surface area contributed by atoms with Crippen molar-refractivity contribution in [2.75, 3.05) is 40.4 Å². The molecule has 1 amide bonds. The first-order valence-electron chi connectivity index (χ1n) is 7.72. The number of likely N-dealkylation sites (N-methyl/N-ethyl adjacent to an activating group) is 1. The molecule has 2 heterocycles. The Morgan fingerprint density at radius 1 is 1.43 bits per heavy atom. The molecule has 1 aliphatic heterocycles. The molecular weight excluding hydrogens is 300 g/mol. The summed E-state index contributed by atoms with van der Waals surface area (Å²) < 4.78 is 17.0. The third-order valence-electron chi connectivity index (χ3n) is 3.51. The number of nitrogens with zero attached hydrogens (tertiary/aromatic N) is 4. The number of hydrogen-bond donors (Lipinski definition) is 0. The van der Waals surface area contributed by atoms with Crippen molar-refractivity contribution < 1.29 is 18.7 Å². The lowest BCUT2D eigenvalue weighted by Crippen LogP contribution is -2.53. The van der Waals surface area contributed by atoms with Crippen LogP contribution in [0.4, 0.5) is 0 Å². The summed E-state index contributed by atoms with van der Waals surface area (Å²) in [6.07, 6.45) is -0.0993. The van der Waals surface area contributed by atoms with E-state index < -0.39 is 0 Å². The second-order valence-corrected chi connectivity index (χ2v) is 6.69. The predicted octanol–water partition coefficient (Wildman–Crippen LogP) is 0.462. The quantitative estimate of drug-likeness (QED) is 0.751. The van der Waals surface area contributed by atoms with E-state index in [4.69, 9.17) is 13.9 Å². The van der Waals surface area contributed by atoms with Gasteiger partial charge in [0.05, 0.1) is 24.9 Å². The molecule has 8 heteroatoms. The summed E-state index contributed by atoms with van der Waals surface area (Å²) in [6.45, 7) is 8.34. The van der Waals surface area contributed by atoms with Crippen LogP contribution in [0.25, 0.3) is 0 Å². The van der Waals surface area contributed by atoms with E-state index in [1.807, 2.05) is 13.8 Å². The van der Waals surface area contributed by atoms with Gasteiger partial charge in [-0.2, -0.15) is 0 Å². The van der Waals surface area contributed by atoms with Gasteiger partial charge in [0, 0.05) is 34.1 Å². The minimum atomic E-state index is -0.299. The van der Waals surface area contributed by atoms with Crippen LogP contribution in [-0.2, 0) is 20.8 Å². The van der Waals surface area contributed by atoms with Crippen molar-refractivity contribution in [2.45, 2.75) is 39.0 Å². The highest BCUT2D eigenvalue weighted by Gasteiger charge is 2.34. The zero-order chi connectivity index (χ0) is 17.0. The molecule has 0 radical (unpaired) electrons. The van der Waals surface area contributed by atoms with E-state index in [0.29, 0.717) is 31.5 Å². The maximum Gasteiger partial charge on any atom is 0.248 e. The number of carbonyl (C=O) groups excluding carboxylic acids is 1. The van der Waals surface area contributed by atoms with Crippen molar-refractivity contribution in [2.24, 2.45) is 0 Å². The van der Waals surface area contributed by atoms with Gasteiger partial charge in [-0.25, -0.2) is 0 Å². The van der Waals surface area contributed by atoms with Crippen LogP contribution in [0, 0.1) is 6.92 Å². The molecule has 1 aliphatic rings. The Kier molecular flexibility index (Phi) is 5.72. The topological polar surface area (TPSA) is 80.9 Å². The highest BCUT2D eigenvalue weighted by molar-refractivity contribution is 5.76. The maximum atomic E-state index is 11.5. The van der Waals surface area contributed by atoms with Crippen LogP contribution in [0.3, 0.4) is 0 Å². The van der Waals surface area contributed by atoms with Crippen molar-refractivity contribution in [1.29, 1.82) is 0 Å². The summed E-state index contributed by atoms with van der Waals surface area (Å²) in [5, 5.41) is 7.89. The van der Waals surface area contributed by atoms with Crippen molar-refractivity contribution in [3.63, 3.8) is 0 Å². The molecule has 0 aromatic carbocycles. The Morgan fingerprint density at radius 2 is 2.17 bits per heavy atom. The first-order chi connectivity index (χ1) is 10.7. The predicted molar refractivity (Wildman–Crippen MR) is 82.8 cm³/mol. The average Bonchev–Trinajstić information content (AvgIpc) is 2.82. The summed E-state index contributed by atoms with van der Waals surface area (Å²) in [5.74, 6) is 1.11. The fourth-order valence-corrected chi connectivity index (χ4v) is 2.62. The number of aromatic nitrogens is 2. The SMILES string of the molecule is Cc1nnc(CN2CC(COCC(=O)N(C)C)OC(C)(C)C2)o1. The van der Waals surface area contributed by atoms with Gasteiger partial charge in [-0.1, -0.05) is 0 Å². The van der Waals surface area contributed by atoms with Gasteiger partial charge in [0.1, 0.15) is 6.61 Å². The molecule has 2 rings (SSSR count). The molecule has 0 bridgehead atoms. The monoisotopic (exact) mass is 326 g/mol. The van der Waals surface area contributed by atoms with Crippen LogP contribution in [0.5, 0.6) is 0 Å². The van der Waals surface area contributed by atoms with Crippen molar-refractivity contribution in [3.05, 3.63) is 11.8 Å². The number of aryl methyl sites for hydroxylation is 1. The molecule has 0 spiro atoms. The van der Waals surface area contributed by atoms with E-state index in [-0.39, 0.29) is 24.2 Å². The van der Waals surface area contributed by atoms with E-state index in [1.165, 1.54) is 4.90 Å². The van der Waals surface area contributed by atoms with E-state index in [0.717, 1.165) is 6.54 Å². The fourth-order valence-electron chi connectivity index (χ4n) is 2.62. The van der Waals surface area contributed by atoms with Gasteiger partial charge in [0.15, 0.2) is 0 Å². The standard InChI is InChI=1S/C15H26N4O4/c1-11-16-17-13(22-11)7-19-6-12(23-15(2,3)10-19)8-21-9-14(20)18(4)5/h12H,6-10H2,1-5H3. The highest BCUT2D eigenvalue weighted by atomic mass is 16.6. The number of hydrogen-bond acceptors (Lipinski definition) is 7. The Morgan fingerprint density at radius 3 is 2.78 bits per heavy atom. The average molecular weight is 326 g/mol. The lowest BCUT2D eigenvalue weighted by molar-refractivity contribution is -0.162. The van der Waals surface area contributed by atoms with Gasteiger partial charge >= 0.3 is 0 Å². The molecule has 1 aromatic rings.